The van der Waals surface area contributed by atoms with Crippen LogP contribution in [-0.2, 0) is 19.6 Å². The molecule has 0 unspecified atom stereocenters. The summed E-state index contributed by atoms with van der Waals surface area (Å²) in [6.45, 7) is 2.89. The number of carbonyl (C=O) groups is 1. The van der Waals surface area contributed by atoms with Gasteiger partial charge < -0.3 is 10.1 Å². The van der Waals surface area contributed by atoms with E-state index in [1.54, 1.807) is 35.1 Å². The fourth-order valence-corrected chi connectivity index (χ4v) is 3.88. The molecule has 5 nitrogen and oxygen atoms in total. The molecule has 0 aliphatic heterocycles. The predicted molar refractivity (Wildman–Crippen MR) is 137 cm³/mol. The highest BCUT2D eigenvalue weighted by Crippen LogP contribution is 2.25. The highest BCUT2D eigenvalue weighted by atomic mass is 35.5. The number of anilines is 1. The van der Waals surface area contributed by atoms with Gasteiger partial charge in [-0.3, -0.25) is 9.48 Å². The zero-order valence-electron chi connectivity index (χ0n) is 18.4. The van der Waals surface area contributed by atoms with Crippen LogP contribution in [0.15, 0.2) is 72.9 Å². The largest absolute Gasteiger partial charge is 0.489 e. The lowest BCUT2D eigenvalue weighted by Gasteiger charge is -2.09. The number of benzene rings is 3. The fourth-order valence-electron chi connectivity index (χ4n) is 3.36. The first-order valence-electron chi connectivity index (χ1n) is 10.7. The Hall–Kier alpha value is -2.99. The van der Waals surface area contributed by atoms with Gasteiger partial charge in [0.2, 0.25) is 0 Å². The summed E-state index contributed by atoms with van der Waals surface area (Å²) in [5.74, 6) is 0.756. The quantitative estimate of drug-likeness (QED) is 0.269. The number of amides is 1. The van der Waals surface area contributed by atoms with Gasteiger partial charge >= 0.3 is 0 Å². The van der Waals surface area contributed by atoms with Crippen molar-refractivity contribution >= 4 is 46.5 Å². The third kappa shape index (κ3) is 6.11. The molecular formula is C26H22Cl3N3O2. The Labute approximate surface area is 213 Å². The minimum atomic E-state index is -0.309. The van der Waals surface area contributed by atoms with Crippen molar-refractivity contribution in [3.8, 4) is 5.75 Å². The van der Waals surface area contributed by atoms with Crippen LogP contribution >= 0.6 is 34.8 Å². The number of aryl methyl sites for hydroxylation is 1. The van der Waals surface area contributed by atoms with Crippen molar-refractivity contribution in [3.05, 3.63) is 110 Å². The molecule has 0 aliphatic rings. The lowest BCUT2D eigenvalue weighted by Crippen LogP contribution is -2.13. The molecule has 0 bridgehead atoms. The van der Waals surface area contributed by atoms with Crippen LogP contribution in [0.1, 0.15) is 34.0 Å². The van der Waals surface area contributed by atoms with Crippen LogP contribution in [0.5, 0.6) is 5.75 Å². The Kier molecular flexibility index (Phi) is 7.78. The van der Waals surface area contributed by atoms with Crippen molar-refractivity contribution in [1.29, 1.82) is 0 Å². The van der Waals surface area contributed by atoms with Gasteiger partial charge in [-0.1, -0.05) is 72.1 Å². The molecule has 0 saturated carbocycles. The van der Waals surface area contributed by atoms with Gasteiger partial charge in [0, 0.05) is 11.8 Å². The average Bonchev–Trinajstić information content (AvgIpc) is 3.18. The van der Waals surface area contributed by atoms with E-state index in [0.717, 1.165) is 23.3 Å². The number of nitrogens with zero attached hydrogens (tertiary/aromatic N) is 2. The number of hydrogen-bond donors (Lipinski definition) is 1. The molecule has 1 N–H and O–H groups in total. The smallest absolute Gasteiger partial charge is 0.256 e. The summed E-state index contributed by atoms with van der Waals surface area (Å²) in [5, 5.41) is 8.45. The van der Waals surface area contributed by atoms with Crippen LogP contribution in [0.25, 0.3) is 0 Å². The number of halogens is 3. The fraction of sp³-hybridized carbons (Fsp3) is 0.154. The van der Waals surface area contributed by atoms with E-state index in [-0.39, 0.29) is 11.7 Å². The number of nitrogens with one attached hydrogen (secondary N) is 1. The number of aromatic nitrogens is 2. The molecule has 4 aromatic rings. The summed E-state index contributed by atoms with van der Waals surface area (Å²) in [4.78, 5) is 12.8. The van der Waals surface area contributed by atoms with E-state index in [1.807, 2.05) is 42.5 Å². The van der Waals surface area contributed by atoms with Crippen molar-refractivity contribution in [2.75, 3.05) is 5.32 Å². The third-order valence-electron chi connectivity index (χ3n) is 5.20. The van der Waals surface area contributed by atoms with Crippen LogP contribution in [-0.4, -0.2) is 15.7 Å². The van der Waals surface area contributed by atoms with E-state index in [4.69, 9.17) is 39.5 Å². The number of ether oxygens (including phenoxy) is 1. The molecule has 1 aromatic heterocycles. The lowest BCUT2D eigenvalue weighted by molar-refractivity contribution is 0.102. The summed E-state index contributed by atoms with van der Waals surface area (Å²) >= 11 is 18.4. The van der Waals surface area contributed by atoms with Gasteiger partial charge in [-0.25, -0.2) is 0 Å². The maximum absolute atomic E-state index is 12.8. The Morgan fingerprint density at radius 2 is 1.68 bits per heavy atom. The summed E-state index contributed by atoms with van der Waals surface area (Å²) < 4.78 is 7.48. The molecule has 1 heterocycles. The Morgan fingerprint density at radius 1 is 0.912 bits per heavy atom. The van der Waals surface area contributed by atoms with Crippen molar-refractivity contribution in [2.24, 2.45) is 0 Å². The minimum Gasteiger partial charge on any atom is -0.489 e. The lowest BCUT2D eigenvalue weighted by atomic mass is 10.1. The van der Waals surface area contributed by atoms with Crippen LogP contribution in [0.3, 0.4) is 0 Å². The molecule has 0 radical (unpaired) electrons. The number of hydrogen-bond acceptors (Lipinski definition) is 3. The van der Waals surface area contributed by atoms with Gasteiger partial charge in [0.05, 0.1) is 16.6 Å². The van der Waals surface area contributed by atoms with Crippen LogP contribution < -0.4 is 10.1 Å². The zero-order valence-corrected chi connectivity index (χ0v) is 20.7. The van der Waals surface area contributed by atoms with E-state index in [0.29, 0.717) is 33.8 Å². The van der Waals surface area contributed by atoms with Crippen molar-refractivity contribution < 1.29 is 9.53 Å². The Balaban J connectivity index is 1.40. The van der Waals surface area contributed by atoms with E-state index in [1.165, 1.54) is 5.56 Å². The monoisotopic (exact) mass is 513 g/mol. The first-order valence-corrected chi connectivity index (χ1v) is 11.8. The summed E-state index contributed by atoms with van der Waals surface area (Å²) in [6.07, 6.45) is 2.63. The molecule has 3 aromatic carbocycles. The Morgan fingerprint density at radius 3 is 2.41 bits per heavy atom. The molecular weight excluding hydrogens is 493 g/mol. The van der Waals surface area contributed by atoms with E-state index < -0.39 is 0 Å². The summed E-state index contributed by atoms with van der Waals surface area (Å²) in [7, 11) is 0. The van der Waals surface area contributed by atoms with E-state index in [9.17, 15) is 4.79 Å². The normalized spacial score (nSPS) is 10.8. The third-order valence-corrected chi connectivity index (χ3v) is 6.22. The Bertz CT molecular complexity index is 1300. The molecule has 0 spiro atoms. The number of rotatable bonds is 8. The maximum Gasteiger partial charge on any atom is 0.256 e. The second-order valence-electron chi connectivity index (χ2n) is 7.71. The van der Waals surface area contributed by atoms with Gasteiger partial charge in [-0.2, -0.15) is 5.10 Å². The van der Waals surface area contributed by atoms with Crippen LogP contribution in [0.2, 0.25) is 15.1 Å². The second-order valence-corrected chi connectivity index (χ2v) is 8.93. The molecule has 174 valence electrons. The predicted octanol–water partition coefficient (Wildman–Crippen LogP) is 7.29. The van der Waals surface area contributed by atoms with Crippen LogP contribution in [0.4, 0.5) is 5.82 Å². The van der Waals surface area contributed by atoms with E-state index >= 15 is 0 Å². The summed E-state index contributed by atoms with van der Waals surface area (Å²) in [5.41, 5.74) is 3.52. The zero-order chi connectivity index (χ0) is 24.1. The van der Waals surface area contributed by atoms with E-state index in [2.05, 4.69) is 17.3 Å². The molecule has 0 aliphatic carbocycles. The molecule has 0 fully saturated rings. The topological polar surface area (TPSA) is 56.1 Å². The van der Waals surface area contributed by atoms with Gasteiger partial charge in [0.15, 0.2) is 5.82 Å². The molecule has 0 atom stereocenters. The van der Waals surface area contributed by atoms with Crippen LogP contribution in [0, 0.1) is 0 Å². The molecule has 8 heteroatoms. The SMILES string of the molecule is CCc1ccc(OCc2cccc(C(=O)Nc3nn(Cc4ccc(Cl)c(Cl)c4)cc3Cl)c2)cc1. The minimum absolute atomic E-state index is 0.282. The highest BCUT2D eigenvalue weighted by molar-refractivity contribution is 6.42. The highest BCUT2D eigenvalue weighted by Gasteiger charge is 2.13. The van der Waals surface area contributed by atoms with Gasteiger partial charge in [0.25, 0.3) is 5.91 Å². The van der Waals surface area contributed by atoms with Gasteiger partial charge in [-0.05, 0) is 59.5 Å². The average molecular weight is 515 g/mol. The number of carbonyl (C=O) groups excluding carboxylic acids is 1. The molecule has 34 heavy (non-hydrogen) atoms. The van der Waals surface area contributed by atoms with Crippen molar-refractivity contribution in [2.45, 2.75) is 26.5 Å². The first-order chi connectivity index (χ1) is 16.4. The molecule has 1 amide bonds. The van der Waals surface area contributed by atoms with Gasteiger partial charge in [0.1, 0.15) is 17.4 Å². The summed E-state index contributed by atoms with van der Waals surface area (Å²) in [6, 6.07) is 20.6. The van der Waals surface area contributed by atoms with Gasteiger partial charge in [-0.15, -0.1) is 0 Å². The van der Waals surface area contributed by atoms with Crippen molar-refractivity contribution in [1.82, 2.24) is 9.78 Å². The molecule has 4 rings (SSSR count). The molecule has 0 saturated heterocycles. The maximum atomic E-state index is 12.8. The van der Waals surface area contributed by atoms with Crippen molar-refractivity contribution in [3.63, 3.8) is 0 Å². The second kappa shape index (κ2) is 11.0. The first kappa shape index (κ1) is 24.1. The standard InChI is InChI=1S/C26H22Cl3N3O2/c1-2-17-6-9-21(10-7-17)34-16-19-4-3-5-20(12-19)26(33)30-25-24(29)15-32(31-25)14-18-8-11-22(27)23(28)13-18/h3-13,15H,2,14,16H2,1H3,(H,30,31,33).